The molecule has 0 bridgehead atoms. The number of hydrogen-bond donors (Lipinski definition) is 0. The van der Waals surface area contributed by atoms with E-state index >= 15 is 0 Å². The van der Waals surface area contributed by atoms with Crippen LogP contribution in [0.25, 0.3) is 0 Å². The molecule has 0 spiro atoms. The first-order chi connectivity index (χ1) is 11.6. The van der Waals surface area contributed by atoms with Crippen molar-refractivity contribution in [2.45, 2.75) is 19.9 Å². The molecule has 1 aliphatic rings. The van der Waals surface area contributed by atoms with Crippen LogP contribution >= 0.6 is 11.6 Å². The highest BCUT2D eigenvalue weighted by Gasteiger charge is 2.20. The number of aryl methyl sites for hydroxylation is 1. The minimum Gasteiger partial charge on any atom is -0.337 e. The van der Waals surface area contributed by atoms with Crippen molar-refractivity contribution in [3.05, 3.63) is 64.4 Å². The Morgan fingerprint density at radius 1 is 1.17 bits per heavy atom. The lowest BCUT2D eigenvalue weighted by atomic mass is 10.2. The highest BCUT2D eigenvalue weighted by atomic mass is 35.5. The number of benzene rings is 1. The van der Waals surface area contributed by atoms with Crippen molar-refractivity contribution in [1.29, 1.82) is 0 Å². The highest BCUT2D eigenvalue weighted by molar-refractivity contribution is 6.30. The van der Waals surface area contributed by atoms with Crippen molar-refractivity contribution in [2.24, 2.45) is 0 Å². The summed E-state index contributed by atoms with van der Waals surface area (Å²) < 4.78 is 0. The van der Waals surface area contributed by atoms with Gasteiger partial charge in [0, 0.05) is 55.7 Å². The summed E-state index contributed by atoms with van der Waals surface area (Å²) >= 11 is 6.00. The molecule has 4 nitrogen and oxygen atoms in total. The minimum atomic E-state index is 0.0663. The molecule has 24 heavy (non-hydrogen) atoms. The van der Waals surface area contributed by atoms with Gasteiger partial charge < -0.3 is 4.90 Å². The Hall–Kier alpha value is -1.91. The Labute approximate surface area is 148 Å². The summed E-state index contributed by atoms with van der Waals surface area (Å²) in [6.07, 6.45) is 4.77. The number of rotatable bonds is 3. The predicted molar refractivity (Wildman–Crippen MR) is 96.2 cm³/mol. The SMILES string of the molecule is Cc1cncc(CN2CCCN(C(=O)c3cccc(Cl)c3)CC2)c1. The van der Waals surface area contributed by atoms with Crippen LogP contribution in [0.15, 0.2) is 42.7 Å². The molecule has 0 saturated carbocycles. The number of halogens is 1. The van der Waals surface area contributed by atoms with E-state index in [1.807, 2.05) is 29.4 Å². The van der Waals surface area contributed by atoms with E-state index in [4.69, 9.17) is 11.6 Å². The average molecular weight is 344 g/mol. The van der Waals surface area contributed by atoms with Gasteiger partial charge in [-0.1, -0.05) is 23.7 Å². The standard InChI is InChI=1S/C19H22ClN3O/c1-15-10-16(13-21-12-15)14-22-6-3-7-23(9-8-22)19(24)17-4-2-5-18(20)11-17/h2,4-5,10-13H,3,6-9,14H2,1H3. The summed E-state index contributed by atoms with van der Waals surface area (Å²) in [7, 11) is 0. The number of hydrogen-bond acceptors (Lipinski definition) is 3. The topological polar surface area (TPSA) is 36.4 Å². The maximum absolute atomic E-state index is 12.7. The second-order valence-electron chi connectivity index (χ2n) is 6.30. The number of carbonyl (C=O) groups is 1. The number of amides is 1. The van der Waals surface area contributed by atoms with Crippen molar-refractivity contribution in [1.82, 2.24) is 14.8 Å². The zero-order chi connectivity index (χ0) is 16.9. The Bertz CT molecular complexity index is 719. The molecule has 2 heterocycles. The summed E-state index contributed by atoms with van der Waals surface area (Å²) in [6.45, 7) is 6.34. The van der Waals surface area contributed by atoms with Gasteiger partial charge >= 0.3 is 0 Å². The molecule has 0 radical (unpaired) electrons. The molecule has 1 saturated heterocycles. The maximum atomic E-state index is 12.7. The van der Waals surface area contributed by atoms with E-state index in [-0.39, 0.29) is 5.91 Å². The van der Waals surface area contributed by atoms with E-state index in [1.54, 1.807) is 12.1 Å². The lowest BCUT2D eigenvalue weighted by Gasteiger charge is -2.22. The van der Waals surface area contributed by atoms with Crippen molar-refractivity contribution < 1.29 is 4.79 Å². The van der Waals surface area contributed by atoms with E-state index in [2.05, 4.69) is 22.9 Å². The first kappa shape index (κ1) is 16.9. The van der Waals surface area contributed by atoms with Gasteiger partial charge in [0.1, 0.15) is 0 Å². The molecule has 5 heteroatoms. The fourth-order valence-electron chi connectivity index (χ4n) is 3.10. The summed E-state index contributed by atoms with van der Waals surface area (Å²) in [5.74, 6) is 0.0663. The van der Waals surface area contributed by atoms with E-state index in [0.717, 1.165) is 39.1 Å². The van der Waals surface area contributed by atoms with Crippen LogP contribution in [0, 0.1) is 6.92 Å². The summed E-state index contributed by atoms with van der Waals surface area (Å²) in [5.41, 5.74) is 3.07. The van der Waals surface area contributed by atoms with Crippen LogP contribution in [0.4, 0.5) is 0 Å². The van der Waals surface area contributed by atoms with E-state index in [0.29, 0.717) is 10.6 Å². The Kier molecular flexibility index (Phi) is 5.48. The fraction of sp³-hybridized carbons (Fsp3) is 0.368. The lowest BCUT2D eigenvalue weighted by molar-refractivity contribution is 0.0761. The van der Waals surface area contributed by atoms with Crippen LogP contribution in [0.2, 0.25) is 5.02 Å². The van der Waals surface area contributed by atoms with Gasteiger partial charge in [-0.2, -0.15) is 0 Å². The fourth-order valence-corrected chi connectivity index (χ4v) is 3.29. The maximum Gasteiger partial charge on any atom is 0.253 e. The van der Waals surface area contributed by atoms with Crippen molar-refractivity contribution >= 4 is 17.5 Å². The third kappa shape index (κ3) is 4.34. The number of aromatic nitrogens is 1. The van der Waals surface area contributed by atoms with Crippen LogP contribution in [0.1, 0.15) is 27.9 Å². The molecular weight excluding hydrogens is 322 g/mol. The third-order valence-corrected chi connectivity index (χ3v) is 4.52. The number of nitrogens with zero attached hydrogens (tertiary/aromatic N) is 3. The summed E-state index contributed by atoms with van der Waals surface area (Å²) in [5, 5.41) is 0.601. The largest absolute Gasteiger partial charge is 0.337 e. The van der Waals surface area contributed by atoms with Crippen LogP contribution in [-0.4, -0.2) is 46.9 Å². The molecule has 3 rings (SSSR count). The monoisotopic (exact) mass is 343 g/mol. The third-order valence-electron chi connectivity index (χ3n) is 4.29. The van der Waals surface area contributed by atoms with Crippen molar-refractivity contribution in [2.75, 3.05) is 26.2 Å². The molecule has 0 unspecified atom stereocenters. The van der Waals surface area contributed by atoms with Crippen molar-refractivity contribution in [3.63, 3.8) is 0 Å². The molecule has 1 amide bonds. The normalized spacial score (nSPS) is 16.0. The molecule has 0 aliphatic carbocycles. The van der Waals surface area contributed by atoms with Gasteiger partial charge in [0.25, 0.3) is 5.91 Å². The summed E-state index contributed by atoms with van der Waals surface area (Å²) in [4.78, 5) is 21.2. The lowest BCUT2D eigenvalue weighted by Crippen LogP contribution is -2.35. The molecule has 0 atom stereocenters. The molecular formula is C19H22ClN3O. The van der Waals surface area contributed by atoms with Crippen LogP contribution in [0.5, 0.6) is 0 Å². The first-order valence-corrected chi connectivity index (χ1v) is 8.67. The van der Waals surface area contributed by atoms with Gasteiger partial charge in [0.2, 0.25) is 0 Å². The first-order valence-electron chi connectivity index (χ1n) is 8.29. The number of pyridine rings is 1. The van der Waals surface area contributed by atoms with Gasteiger partial charge in [0.15, 0.2) is 0 Å². The Morgan fingerprint density at radius 2 is 2.04 bits per heavy atom. The molecule has 0 N–H and O–H groups in total. The predicted octanol–water partition coefficient (Wildman–Crippen LogP) is 3.39. The Morgan fingerprint density at radius 3 is 2.83 bits per heavy atom. The number of carbonyl (C=O) groups excluding carboxylic acids is 1. The quantitative estimate of drug-likeness (QED) is 0.857. The van der Waals surface area contributed by atoms with Crippen LogP contribution in [-0.2, 0) is 6.54 Å². The second-order valence-corrected chi connectivity index (χ2v) is 6.74. The van der Waals surface area contributed by atoms with Crippen LogP contribution in [0.3, 0.4) is 0 Å². The van der Waals surface area contributed by atoms with Crippen LogP contribution < -0.4 is 0 Å². The molecule has 126 valence electrons. The second kappa shape index (κ2) is 7.77. The highest BCUT2D eigenvalue weighted by Crippen LogP contribution is 2.15. The molecule has 1 aromatic heterocycles. The van der Waals surface area contributed by atoms with Gasteiger partial charge in [-0.15, -0.1) is 0 Å². The van der Waals surface area contributed by atoms with Gasteiger partial charge in [-0.3, -0.25) is 14.7 Å². The average Bonchev–Trinajstić information content (AvgIpc) is 2.80. The van der Waals surface area contributed by atoms with E-state index < -0.39 is 0 Å². The van der Waals surface area contributed by atoms with Gasteiger partial charge in [-0.05, 0) is 42.7 Å². The zero-order valence-corrected chi connectivity index (χ0v) is 14.7. The van der Waals surface area contributed by atoms with E-state index in [1.165, 1.54) is 11.1 Å². The smallest absolute Gasteiger partial charge is 0.253 e. The molecule has 1 aromatic carbocycles. The zero-order valence-electron chi connectivity index (χ0n) is 13.9. The molecule has 1 fully saturated rings. The minimum absolute atomic E-state index is 0.0663. The van der Waals surface area contributed by atoms with E-state index in [9.17, 15) is 4.79 Å². The molecule has 2 aromatic rings. The molecule has 1 aliphatic heterocycles. The van der Waals surface area contributed by atoms with Gasteiger partial charge in [-0.25, -0.2) is 0 Å². The van der Waals surface area contributed by atoms with Crippen molar-refractivity contribution in [3.8, 4) is 0 Å². The van der Waals surface area contributed by atoms with Gasteiger partial charge in [0.05, 0.1) is 0 Å². The summed E-state index contributed by atoms with van der Waals surface area (Å²) in [6, 6.07) is 9.36. The Balaban J connectivity index is 1.61.